The van der Waals surface area contributed by atoms with Gasteiger partial charge in [-0.3, -0.25) is 4.79 Å². The summed E-state index contributed by atoms with van der Waals surface area (Å²) in [6, 6.07) is 8.72. The van der Waals surface area contributed by atoms with E-state index in [0.717, 1.165) is 11.8 Å². The van der Waals surface area contributed by atoms with Crippen molar-refractivity contribution >= 4 is 16.8 Å². The Hall–Kier alpha value is -2.36. The SMILES string of the molecule is CC1=CC[C@H]2C(C)(C)C(=O)C[C@]2(C)[C@@H]1COc1ccc2ccc(=O)oc2c1. The van der Waals surface area contributed by atoms with Gasteiger partial charge < -0.3 is 9.15 Å². The predicted molar refractivity (Wildman–Crippen MR) is 105 cm³/mol. The van der Waals surface area contributed by atoms with E-state index in [1.54, 1.807) is 12.1 Å². The van der Waals surface area contributed by atoms with Crippen LogP contribution in [0.3, 0.4) is 0 Å². The van der Waals surface area contributed by atoms with Gasteiger partial charge in [0.1, 0.15) is 17.1 Å². The first-order valence-corrected chi connectivity index (χ1v) is 9.58. The maximum Gasteiger partial charge on any atom is 0.336 e. The van der Waals surface area contributed by atoms with Crippen molar-refractivity contribution < 1.29 is 13.9 Å². The zero-order valence-corrected chi connectivity index (χ0v) is 16.4. The van der Waals surface area contributed by atoms with Crippen LogP contribution in [0.15, 0.2) is 51.2 Å². The standard InChI is InChI=1S/C23H26O4/c1-14-5-9-19-22(2,3)20(24)12-23(19,4)17(14)13-26-16-8-6-15-7-10-21(25)27-18(15)11-16/h5-8,10-11,17,19H,9,12-13H2,1-4H3/t17-,19+,23-/m1/s1. The lowest BCUT2D eigenvalue weighted by atomic mass is 9.59. The molecule has 1 heterocycles. The van der Waals surface area contributed by atoms with Crippen LogP contribution in [0, 0.1) is 22.7 Å². The molecule has 3 atom stereocenters. The van der Waals surface area contributed by atoms with Crippen molar-refractivity contribution in [1.82, 2.24) is 0 Å². The molecule has 0 unspecified atom stereocenters. The number of ketones is 1. The van der Waals surface area contributed by atoms with E-state index in [-0.39, 0.29) is 22.4 Å². The highest BCUT2D eigenvalue weighted by molar-refractivity contribution is 5.88. The molecule has 2 aromatic rings. The van der Waals surface area contributed by atoms with Crippen molar-refractivity contribution in [2.24, 2.45) is 22.7 Å². The molecule has 4 rings (SSSR count). The summed E-state index contributed by atoms with van der Waals surface area (Å²) in [6.45, 7) is 9.08. The summed E-state index contributed by atoms with van der Waals surface area (Å²) >= 11 is 0. The minimum absolute atomic E-state index is 0.0805. The highest BCUT2D eigenvalue weighted by Crippen LogP contribution is 2.60. The monoisotopic (exact) mass is 366 g/mol. The van der Waals surface area contributed by atoms with Crippen LogP contribution in [0.1, 0.15) is 40.5 Å². The van der Waals surface area contributed by atoms with Gasteiger partial charge in [-0.05, 0) is 42.9 Å². The highest BCUT2D eigenvalue weighted by Gasteiger charge is 2.59. The first-order chi connectivity index (χ1) is 12.7. The Morgan fingerprint density at radius 3 is 2.67 bits per heavy atom. The van der Waals surface area contributed by atoms with Crippen molar-refractivity contribution in [3.8, 4) is 5.75 Å². The fourth-order valence-corrected chi connectivity index (χ4v) is 5.24. The molecule has 0 aliphatic heterocycles. The summed E-state index contributed by atoms with van der Waals surface area (Å²) in [6.07, 6.45) is 3.84. The highest BCUT2D eigenvalue weighted by atomic mass is 16.5. The van der Waals surface area contributed by atoms with Crippen LogP contribution >= 0.6 is 0 Å². The van der Waals surface area contributed by atoms with E-state index in [9.17, 15) is 9.59 Å². The van der Waals surface area contributed by atoms with Crippen LogP contribution in [-0.4, -0.2) is 12.4 Å². The van der Waals surface area contributed by atoms with E-state index in [2.05, 4.69) is 33.8 Å². The van der Waals surface area contributed by atoms with Crippen molar-refractivity contribution in [3.63, 3.8) is 0 Å². The predicted octanol–water partition coefficient (Wildman–Crippen LogP) is 4.76. The fourth-order valence-electron chi connectivity index (χ4n) is 5.24. The van der Waals surface area contributed by atoms with E-state index in [1.807, 2.05) is 12.1 Å². The molecule has 27 heavy (non-hydrogen) atoms. The Labute approximate surface area is 159 Å². The zero-order valence-electron chi connectivity index (χ0n) is 16.4. The Bertz CT molecular complexity index is 997. The summed E-state index contributed by atoms with van der Waals surface area (Å²) in [7, 11) is 0. The van der Waals surface area contributed by atoms with Crippen LogP contribution in [-0.2, 0) is 4.79 Å². The second-order valence-corrected chi connectivity index (χ2v) is 8.88. The zero-order chi connectivity index (χ0) is 19.4. The number of allylic oxidation sites excluding steroid dienone is 1. The lowest BCUT2D eigenvalue weighted by Gasteiger charge is -2.45. The lowest BCUT2D eigenvalue weighted by Crippen LogP contribution is -2.41. The number of benzene rings is 1. The van der Waals surface area contributed by atoms with Gasteiger partial charge in [0.25, 0.3) is 0 Å². The minimum atomic E-state index is -0.368. The largest absolute Gasteiger partial charge is 0.493 e. The summed E-state index contributed by atoms with van der Waals surface area (Å²) in [5.41, 5.74) is 1.09. The van der Waals surface area contributed by atoms with Gasteiger partial charge in [-0.15, -0.1) is 0 Å². The van der Waals surface area contributed by atoms with Gasteiger partial charge >= 0.3 is 5.63 Å². The maximum atomic E-state index is 12.7. The number of carbonyl (C=O) groups is 1. The topological polar surface area (TPSA) is 56.5 Å². The van der Waals surface area contributed by atoms with Gasteiger partial charge in [0.05, 0.1) is 6.61 Å². The molecule has 4 heteroatoms. The molecule has 2 aliphatic carbocycles. The molecule has 0 spiro atoms. The van der Waals surface area contributed by atoms with Crippen molar-refractivity contribution in [2.75, 3.05) is 6.61 Å². The number of ether oxygens (including phenoxy) is 1. The Kier molecular flexibility index (Phi) is 4.06. The molecule has 1 fully saturated rings. The maximum absolute atomic E-state index is 12.7. The van der Waals surface area contributed by atoms with Crippen molar-refractivity contribution in [2.45, 2.75) is 40.5 Å². The second kappa shape index (κ2) is 6.08. The van der Waals surface area contributed by atoms with E-state index >= 15 is 0 Å². The molecule has 2 aliphatic rings. The van der Waals surface area contributed by atoms with E-state index in [4.69, 9.17) is 9.15 Å². The second-order valence-electron chi connectivity index (χ2n) is 8.88. The van der Waals surface area contributed by atoms with Gasteiger partial charge in [0, 0.05) is 35.3 Å². The molecule has 0 amide bonds. The van der Waals surface area contributed by atoms with Crippen LogP contribution in [0.25, 0.3) is 11.0 Å². The number of hydrogen-bond acceptors (Lipinski definition) is 4. The van der Waals surface area contributed by atoms with Gasteiger partial charge in [-0.2, -0.15) is 0 Å². The minimum Gasteiger partial charge on any atom is -0.493 e. The van der Waals surface area contributed by atoms with Crippen molar-refractivity contribution in [1.29, 1.82) is 0 Å². The van der Waals surface area contributed by atoms with Crippen LogP contribution in [0.4, 0.5) is 0 Å². The molecule has 1 aromatic heterocycles. The molecular weight excluding hydrogens is 340 g/mol. The third kappa shape index (κ3) is 2.82. The van der Waals surface area contributed by atoms with E-state index in [0.29, 0.717) is 36.1 Å². The molecular formula is C23H26O4. The van der Waals surface area contributed by atoms with Crippen molar-refractivity contribution in [3.05, 3.63) is 52.4 Å². The first-order valence-electron chi connectivity index (χ1n) is 9.58. The summed E-state index contributed by atoms with van der Waals surface area (Å²) < 4.78 is 11.4. The van der Waals surface area contributed by atoms with Gasteiger partial charge in [-0.1, -0.05) is 32.4 Å². The summed E-state index contributed by atoms with van der Waals surface area (Å²) in [5.74, 6) is 1.57. The van der Waals surface area contributed by atoms with Gasteiger partial charge in [-0.25, -0.2) is 4.79 Å². The van der Waals surface area contributed by atoms with E-state index < -0.39 is 0 Å². The average Bonchev–Trinajstić information content (AvgIpc) is 2.78. The van der Waals surface area contributed by atoms with Crippen LogP contribution < -0.4 is 10.4 Å². The number of hydrogen-bond donors (Lipinski definition) is 0. The molecule has 4 nitrogen and oxygen atoms in total. The smallest absolute Gasteiger partial charge is 0.336 e. The quantitative estimate of drug-likeness (QED) is 0.580. The molecule has 142 valence electrons. The van der Waals surface area contributed by atoms with Gasteiger partial charge in [0.2, 0.25) is 0 Å². The number of carbonyl (C=O) groups excluding carboxylic acids is 1. The number of Topliss-reactive ketones (excluding diaryl/α,β-unsaturated/α-hetero) is 1. The first kappa shape index (κ1) is 18.0. The molecule has 1 aromatic carbocycles. The molecule has 0 bridgehead atoms. The molecule has 1 saturated carbocycles. The Balaban J connectivity index is 1.60. The lowest BCUT2D eigenvalue weighted by molar-refractivity contribution is -0.125. The van der Waals surface area contributed by atoms with Gasteiger partial charge in [0.15, 0.2) is 0 Å². The summed E-state index contributed by atoms with van der Waals surface area (Å²) in [4.78, 5) is 24.1. The molecule has 0 N–H and O–H groups in total. The molecule has 0 saturated heterocycles. The average molecular weight is 366 g/mol. The fraction of sp³-hybridized carbons (Fsp3) is 0.478. The summed E-state index contributed by atoms with van der Waals surface area (Å²) in [5, 5.41) is 0.867. The number of fused-ring (bicyclic) bond motifs is 2. The van der Waals surface area contributed by atoms with Crippen LogP contribution in [0.5, 0.6) is 5.75 Å². The third-order valence-corrected chi connectivity index (χ3v) is 6.96. The Morgan fingerprint density at radius 1 is 1.15 bits per heavy atom. The number of rotatable bonds is 3. The third-order valence-electron chi connectivity index (χ3n) is 6.96. The Morgan fingerprint density at radius 2 is 1.89 bits per heavy atom. The molecule has 0 radical (unpaired) electrons. The normalized spacial score (nSPS) is 29.5. The van der Waals surface area contributed by atoms with Crippen LogP contribution in [0.2, 0.25) is 0 Å². The van der Waals surface area contributed by atoms with E-state index in [1.165, 1.54) is 11.6 Å².